The molecular weight excluding hydrogens is 234 g/mol. The van der Waals surface area contributed by atoms with Crippen LogP contribution in [0.15, 0.2) is 30.9 Å². The Balaban J connectivity index is 2.10. The van der Waals surface area contributed by atoms with Crippen molar-refractivity contribution in [3.63, 3.8) is 0 Å². The topological polar surface area (TPSA) is 93.8 Å². The Kier molecular flexibility index (Phi) is 3.42. The number of aromatic nitrogens is 3. The van der Waals surface area contributed by atoms with Crippen molar-refractivity contribution in [3.05, 3.63) is 52.4 Å². The van der Waals surface area contributed by atoms with E-state index in [-0.39, 0.29) is 5.69 Å². The molecule has 2 heterocycles. The third-order valence-electron chi connectivity index (χ3n) is 2.29. The molecule has 0 aliphatic carbocycles. The lowest BCUT2D eigenvalue weighted by Crippen LogP contribution is -2.05. The molecule has 0 atom stereocenters. The number of aryl methyl sites for hydroxylation is 1. The fourth-order valence-corrected chi connectivity index (χ4v) is 1.38. The first-order chi connectivity index (χ1) is 8.66. The molecule has 2 rings (SSSR count). The minimum atomic E-state index is -0.476. The molecule has 92 valence electrons. The van der Waals surface area contributed by atoms with Crippen molar-refractivity contribution in [3.8, 4) is 0 Å². The van der Waals surface area contributed by atoms with Crippen molar-refractivity contribution >= 4 is 11.4 Å². The summed E-state index contributed by atoms with van der Waals surface area (Å²) in [4.78, 5) is 22.3. The van der Waals surface area contributed by atoms with Crippen LogP contribution < -0.4 is 5.32 Å². The van der Waals surface area contributed by atoms with Crippen molar-refractivity contribution in [2.24, 2.45) is 0 Å². The van der Waals surface area contributed by atoms with Crippen LogP contribution in [0.2, 0.25) is 0 Å². The highest BCUT2D eigenvalue weighted by Gasteiger charge is 2.12. The summed E-state index contributed by atoms with van der Waals surface area (Å²) < 4.78 is 0. The van der Waals surface area contributed by atoms with Gasteiger partial charge in [0.2, 0.25) is 0 Å². The van der Waals surface area contributed by atoms with Gasteiger partial charge in [-0.15, -0.1) is 0 Å². The van der Waals surface area contributed by atoms with Crippen LogP contribution in [0, 0.1) is 17.0 Å². The third kappa shape index (κ3) is 2.76. The maximum absolute atomic E-state index is 10.8. The molecule has 0 amide bonds. The Morgan fingerprint density at radius 3 is 2.83 bits per heavy atom. The van der Waals surface area contributed by atoms with Gasteiger partial charge in [-0.2, -0.15) is 0 Å². The fraction of sp³-hybridized carbons (Fsp3) is 0.182. The van der Waals surface area contributed by atoms with Gasteiger partial charge >= 0.3 is 5.69 Å². The molecule has 18 heavy (non-hydrogen) atoms. The van der Waals surface area contributed by atoms with Crippen molar-refractivity contribution in [2.45, 2.75) is 13.5 Å². The second-order valence-electron chi connectivity index (χ2n) is 3.65. The average molecular weight is 245 g/mol. The quantitative estimate of drug-likeness (QED) is 0.650. The second kappa shape index (κ2) is 5.17. The number of hydrogen-bond donors (Lipinski definition) is 1. The number of nitro groups is 1. The van der Waals surface area contributed by atoms with Gasteiger partial charge in [0.25, 0.3) is 0 Å². The highest BCUT2D eigenvalue weighted by Crippen LogP contribution is 2.22. The van der Waals surface area contributed by atoms with Gasteiger partial charge in [-0.3, -0.25) is 25.1 Å². The van der Waals surface area contributed by atoms with Crippen LogP contribution in [0.4, 0.5) is 11.4 Å². The summed E-state index contributed by atoms with van der Waals surface area (Å²) in [6, 6.07) is 1.56. The maximum atomic E-state index is 10.8. The summed E-state index contributed by atoms with van der Waals surface area (Å²) in [5, 5.41) is 13.7. The van der Waals surface area contributed by atoms with E-state index in [4.69, 9.17) is 0 Å². The van der Waals surface area contributed by atoms with Crippen molar-refractivity contribution in [1.29, 1.82) is 0 Å². The Morgan fingerprint density at radius 2 is 2.17 bits per heavy atom. The fourth-order valence-electron chi connectivity index (χ4n) is 1.38. The summed E-state index contributed by atoms with van der Waals surface area (Å²) in [6.07, 6.45) is 5.99. The zero-order valence-electron chi connectivity index (χ0n) is 9.70. The number of nitrogens with zero attached hydrogens (tertiary/aromatic N) is 4. The molecule has 0 saturated carbocycles. The van der Waals surface area contributed by atoms with E-state index in [1.807, 2.05) is 6.92 Å². The van der Waals surface area contributed by atoms with Gasteiger partial charge in [0.1, 0.15) is 11.9 Å². The highest BCUT2D eigenvalue weighted by molar-refractivity contribution is 5.59. The standard InChI is InChI=1S/C11H11N5O2/c1-8-4-14-9(5-13-8)6-15-10-2-3-12-7-11(10)16(17)18/h2-5,7H,6H2,1H3,(H,12,15). The average Bonchev–Trinajstić information content (AvgIpc) is 2.38. The van der Waals surface area contributed by atoms with E-state index in [9.17, 15) is 10.1 Å². The van der Waals surface area contributed by atoms with E-state index in [0.29, 0.717) is 17.9 Å². The van der Waals surface area contributed by atoms with Gasteiger partial charge in [-0.1, -0.05) is 0 Å². The van der Waals surface area contributed by atoms with E-state index in [1.165, 1.54) is 12.4 Å². The highest BCUT2D eigenvalue weighted by atomic mass is 16.6. The van der Waals surface area contributed by atoms with Gasteiger partial charge in [-0.05, 0) is 13.0 Å². The van der Waals surface area contributed by atoms with E-state index in [0.717, 1.165) is 5.69 Å². The number of anilines is 1. The monoisotopic (exact) mass is 245 g/mol. The number of pyridine rings is 1. The molecule has 0 unspecified atom stereocenters. The Labute approximate surface area is 103 Å². The SMILES string of the molecule is Cc1cnc(CNc2ccncc2[N+](=O)[O-])cn1. The Bertz CT molecular complexity index is 556. The van der Waals surface area contributed by atoms with Crippen LogP contribution in [-0.2, 0) is 6.54 Å². The second-order valence-corrected chi connectivity index (χ2v) is 3.65. The van der Waals surface area contributed by atoms with E-state index in [2.05, 4.69) is 20.3 Å². The number of nitrogens with one attached hydrogen (secondary N) is 1. The molecule has 2 aromatic rings. The molecule has 0 spiro atoms. The predicted molar refractivity (Wildman–Crippen MR) is 65.0 cm³/mol. The van der Waals surface area contributed by atoms with Crippen LogP contribution in [0.3, 0.4) is 0 Å². The minimum absolute atomic E-state index is 0.0578. The largest absolute Gasteiger partial charge is 0.374 e. The predicted octanol–water partition coefficient (Wildman–Crippen LogP) is 1.70. The smallest absolute Gasteiger partial charge is 0.310 e. The number of hydrogen-bond acceptors (Lipinski definition) is 6. The lowest BCUT2D eigenvalue weighted by molar-refractivity contribution is -0.384. The van der Waals surface area contributed by atoms with Gasteiger partial charge in [-0.25, -0.2) is 0 Å². The first kappa shape index (κ1) is 11.9. The molecule has 0 radical (unpaired) electrons. The van der Waals surface area contributed by atoms with Crippen LogP contribution >= 0.6 is 0 Å². The van der Waals surface area contributed by atoms with Crippen LogP contribution in [0.25, 0.3) is 0 Å². The van der Waals surface area contributed by atoms with Crippen molar-refractivity contribution < 1.29 is 4.92 Å². The summed E-state index contributed by atoms with van der Waals surface area (Å²) in [6.45, 7) is 2.22. The van der Waals surface area contributed by atoms with Crippen LogP contribution in [0.1, 0.15) is 11.4 Å². The van der Waals surface area contributed by atoms with Gasteiger partial charge in [0, 0.05) is 12.4 Å². The van der Waals surface area contributed by atoms with Gasteiger partial charge in [0.05, 0.1) is 29.1 Å². The minimum Gasteiger partial charge on any atom is -0.374 e. The van der Waals surface area contributed by atoms with E-state index < -0.39 is 4.92 Å². The summed E-state index contributed by atoms with van der Waals surface area (Å²) in [5.41, 5.74) is 1.90. The molecule has 7 nitrogen and oxygen atoms in total. The lowest BCUT2D eigenvalue weighted by Gasteiger charge is -2.05. The van der Waals surface area contributed by atoms with E-state index in [1.54, 1.807) is 18.5 Å². The zero-order chi connectivity index (χ0) is 13.0. The Hall–Kier alpha value is -2.57. The summed E-state index contributed by atoms with van der Waals surface area (Å²) in [7, 11) is 0. The molecule has 1 N–H and O–H groups in total. The Morgan fingerprint density at radius 1 is 1.33 bits per heavy atom. The van der Waals surface area contributed by atoms with E-state index >= 15 is 0 Å². The molecule has 2 aromatic heterocycles. The molecule has 0 aliphatic rings. The maximum Gasteiger partial charge on any atom is 0.310 e. The lowest BCUT2D eigenvalue weighted by atomic mass is 10.3. The van der Waals surface area contributed by atoms with Crippen LogP contribution in [0.5, 0.6) is 0 Å². The van der Waals surface area contributed by atoms with Crippen molar-refractivity contribution in [2.75, 3.05) is 5.32 Å². The molecule has 7 heteroatoms. The molecule has 0 aromatic carbocycles. The summed E-state index contributed by atoms with van der Waals surface area (Å²) in [5.74, 6) is 0. The molecule has 0 bridgehead atoms. The summed E-state index contributed by atoms with van der Waals surface area (Å²) >= 11 is 0. The van der Waals surface area contributed by atoms with Crippen molar-refractivity contribution in [1.82, 2.24) is 15.0 Å². The molecular formula is C11H11N5O2. The zero-order valence-corrected chi connectivity index (χ0v) is 9.70. The first-order valence-electron chi connectivity index (χ1n) is 5.26. The number of rotatable bonds is 4. The van der Waals surface area contributed by atoms with Gasteiger partial charge in [0.15, 0.2) is 0 Å². The van der Waals surface area contributed by atoms with Gasteiger partial charge < -0.3 is 5.32 Å². The molecule has 0 fully saturated rings. The normalized spacial score (nSPS) is 10.1. The third-order valence-corrected chi connectivity index (χ3v) is 2.29. The molecule has 0 saturated heterocycles. The van der Waals surface area contributed by atoms with Crippen LogP contribution in [-0.4, -0.2) is 19.9 Å². The molecule has 0 aliphatic heterocycles. The first-order valence-corrected chi connectivity index (χ1v) is 5.26.